The van der Waals surface area contributed by atoms with Crippen LogP contribution in [0.4, 0.5) is 10.5 Å². The molecule has 3 aromatic rings. The highest BCUT2D eigenvalue weighted by Crippen LogP contribution is 2.35. The molecule has 0 atom stereocenters. The molecule has 10 nitrogen and oxygen atoms in total. The van der Waals surface area contributed by atoms with Gasteiger partial charge in [-0.2, -0.15) is 4.98 Å². The Labute approximate surface area is 258 Å². The maximum absolute atomic E-state index is 12.8. The van der Waals surface area contributed by atoms with Crippen molar-refractivity contribution in [2.24, 2.45) is 0 Å². The van der Waals surface area contributed by atoms with Crippen LogP contribution in [0.3, 0.4) is 0 Å². The van der Waals surface area contributed by atoms with Gasteiger partial charge in [0.1, 0.15) is 16.9 Å². The third-order valence-corrected chi connectivity index (χ3v) is 7.64. The molecule has 232 valence electrons. The molecule has 1 N–H and O–H groups in total. The predicted octanol–water partition coefficient (Wildman–Crippen LogP) is 6.64. The first kappa shape index (κ1) is 31.1. The summed E-state index contributed by atoms with van der Waals surface area (Å²) in [7, 11) is 0. The lowest BCUT2D eigenvalue weighted by Crippen LogP contribution is -2.66. The molecule has 3 heterocycles. The smallest absolute Gasteiger partial charge is 0.408 e. The number of halogens is 1. The van der Waals surface area contributed by atoms with Crippen molar-refractivity contribution in [2.45, 2.75) is 77.7 Å². The van der Waals surface area contributed by atoms with Gasteiger partial charge in [0, 0.05) is 29.9 Å². The second-order valence-electron chi connectivity index (χ2n) is 12.7. The van der Waals surface area contributed by atoms with Crippen molar-refractivity contribution in [3.8, 4) is 28.6 Å². The van der Waals surface area contributed by atoms with Crippen LogP contribution in [0.25, 0.3) is 22.8 Å². The van der Waals surface area contributed by atoms with Crippen molar-refractivity contribution in [3.63, 3.8) is 0 Å². The fourth-order valence-corrected chi connectivity index (χ4v) is 5.34. The lowest BCUT2D eigenvalue weighted by atomic mass is 9.99. The van der Waals surface area contributed by atoms with Crippen molar-refractivity contribution >= 4 is 23.4 Å². The summed E-state index contributed by atoms with van der Waals surface area (Å²) in [4.78, 5) is 19.7. The molecule has 0 bridgehead atoms. The monoisotopic (exact) mass is 612 g/mol. The highest BCUT2D eigenvalue weighted by atomic mass is 35.5. The van der Waals surface area contributed by atoms with E-state index in [-0.39, 0.29) is 0 Å². The third kappa shape index (κ3) is 7.60. The van der Waals surface area contributed by atoms with E-state index < -0.39 is 23.0 Å². The Balaban J connectivity index is 1.30. The molecule has 1 aromatic heterocycles. The number of rotatable bonds is 9. The molecule has 2 aliphatic rings. The van der Waals surface area contributed by atoms with Crippen LogP contribution in [-0.2, 0) is 20.6 Å². The molecule has 2 aliphatic heterocycles. The Bertz CT molecular complexity index is 1440. The van der Waals surface area contributed by atoms with Crippen molar-refractivity contribution in [1.29, 1.82) is 0 Å². The van der Waals surface area contributed by atoms with Gasteiger partial charge in [-0.25, -0.2) is 4.79 Å². The zero-order valence-electron chi connectivity index (χ0n) is 25.8. The van der Waals surface area contributed by atoms with Gasteiger partial charge in [0.15, 0.2) is 5.79 Å². The number of carbonyl (C=O) groups excluding carboxylic acids is 1. The molecular formula is C32H41ClN4O6. The van der Waals surface area contributed by atoms with Gasteiger partial charge in [-0.15, -0.1) is 0 Å². The Morgan fingerprint density at radius 3 is 2.56 bits per heavy atom. The van der Waals surface area contributed by atoms with Crippen molar-refractivity contribution < 1.29 is 28.3 Å². The van der Waals surface area contributed by atoms with E-state index in [1.165, 1.54) is 0 Å². The van der Waals surface area contributed by atoms with Gasteiger partial charge in [0.2, 0.25) is 5.82 Å². The quantitative estimate of drug-likeness (QED) is 0.266. The lowest BCUT2D eigenvalue weighted by molar-refractivity contribution is -0.269. The summed E-state index contributed by atoms with van der Waals surface area (Å²) in [5, 5.41) is 7.79. The average Bonchev–Trinajstić information content (AvgIpc) is 3.58. The SMILES string of the molecule is CCCCOc1ccc(-c2nc(-c3ccc4c(c3)CCN4CC3(NC(=O)OC(C)(C)C)COC(C)(C)OC3)no2)cc1Cl. The number of amides is 1. The minimum Gasteiger partial charge on any atom is -0.492 e. The van der Waals surface area contributed by atoms with Crippen LogP contribution in [0.15, 0.2) is 40.9 Å². The fourth-order valence-electron chi connectivity index (χ4n) is 5.10. The normalized spacial score (nSPS) is 17.4. The molecule has 0 saturated carbocycles. The lowest BCUT2D eigenvalue weighted by Gasteiger charge is -2.45. The number of anilines is 1. The number of carbonyl (C=O) groups is 1. The second-order valence-corrected chi connectivity index (χ2v) is 13.1. The topological polar surface area (TPSA) is 108 Å². The molecule has 0 spiro atoms. The van der Waals surface area contributed by atoms with E-state index in [0.717, 1.165) is 48.2 Å². The van der Waals surface area contributed by atoms with Crippen LogP contribution in [-0.4, -0.2) is 66.1 Å². The van der Waals surface area contributed by atoms with E-state index in [1.807, 2.05) is 52.8 Å². The second kappa shape index (κ2) is 12.3. The fraction of sp³-hybridized carbons (Fsp3) is 0.531. The molecule has 5 rings (SSSR count). The van der Waals surface area contributed by atoms with Crippen molar-refractivity contribution in [1.82, 2.24) is 15.5 Å². The minimum absolute atomic E-state index is 0.296. The first-order valence-corrected chi connectivity index (χ1v) is 15.2. The molecular weight excluding hydrogens is 572 g/mol. The number of hydrogen-bond acceptors (Lipinski definition) is 9. The van der Waals surface area contributed by atoms with E-state index in [1.54, 1.807) is 6.07 Å². The van der Waals surface area contributed by atoms with Gasteiger partial charge >= 0.3 is 6.09 Å². The Morgan fingerprint density at radius 1 is 1.12 bits per heavy atom. The summed E-state index contributed by atoms with van der Waals surface area (Å²) >= 11 is 6.44. The number of ether oxygens (including phenoxy) is 4. The molecule has 1 fully saturated rings. The Morgan fingerprint density at radius 2 is 1.86 bits per heavy atom. The summed E-state index contributed by atoms with van der Waals surface area (Å²) in [6, 6.07) is 11.6. The molecule has 43 heavy (non-hydrogen) atoms. The predicted molar refractivity (Wildman–Crippen MR) is 165 cm³/mol. The van der Waals surface area contributed by atoms with Crippen molar-refractivity contribution in [2.75, 3.05) is 37.8 Å². The Kier molecular flexibility index (Phi) is 8.92. The highest BCUT2D eigenvalue weighted by Gasteiger charge is 2.44. The summed E-state index contributed by atoms with van der Waals surface area (Å²) < 4.78 is 28.9. The van der Waals surface area contributed by atoms with Gasteiger partial charge in [-0.1, -0.05) is 30.1 Å². The van der Waals surface area contributed by atoms with Gasteiger partial charge in [-0.3, -0.25) is 0 Å². The van der Waals surface area contributed by atoms with E-state index in [2.05, 4.69) is 39.4 Å². The molecule has 11 heteroatoms. The van der Waals surface area contributed by atoms with Gasteiger partial charge < -0.3 is 33.7 Å². The number of fused-ring (bicyclic) bond motifs is 1. The van der Waals surface area contributed by atoms with Crippen LogP contribution in [0.5, 0.6) is 5.75 Å². The van der Waals surface area contributed by atoms with Crippen molar-refractivity contribution in [3.05, 3.63) is 47.0 Å². The largest absolute Gasteiger partial charge is 0.492 e. The molecule has 0 aliphatic carbocycles. The number of nitrogens with one attached hydrogen (secondary N) is 1. The van der Waals surface area contributed by atoms with E-state index in [9.17, 15) is 4.79 Å². The van der Waals surface area contributed by atoms with Gasteiger partial charge in [-0.05, 0) is 89.4 Å². The maximum atomic E-state index is 12.8. The highest BCUT2D eigenvalue weighted by molar-refractivity contribution is 6.32. The maximum Gasteiger partial charge on any atom is 0.408 e. The first-order valence-electron chi connectivity index (χ1n) is 14.8. The van der Waals surface area contributed by atoms with Crippen LogP contribution in [0, 0.1) is 0 Å². The summed E-state index contributed by atoms with van der Waals surface area (Å²) in [5.41, 5.74) is 2.42. The number of unbranched alkanes of at least 4 members (excludes halogenated alkanes) is 1. The van der Waals surface area contributed by atoms with E-state index >= 15 is 0 Å². The number of hydrogen-bond donors (Lipinski definition) is 1. The van der Waals surface area contributed by atoms with Gasteiger partial charge in [0.05, 0.1) is 24.8 Å². The van der Waals surface area contributed by atoms with E-state index in [0.29, 0.717) is 48.9 Å². The van der Waals surface area contributed by atoms with Crippen LogP contribution in [0.2, 0.25) is 5.02 Å². The summed E-state index contributed by atoms with van der Waals surface area (Å²) in [6.45, 7) is 13.9. The molecule has 1 saturated heterocycles. The number of nitrogens with zero attached hydrogens (tertiary/aromatic N) is 3. The zero-order valence-corrected chi connectivity index (χ0v) is 26.5. The van der Waals surface area contributed by atoms with Crippen LogP contribution < -0.4 is 15.0 Å². The average molecular weight is 613 g/mol. The number of alkyl carbamates (subject to hydrolysis) is 1. The third-order valence-electron chi connectivity index (χ3n) is 7.34. The number of aromatic nitrogens is 2. The van der Waals surface area contributed by atoms with Crippen LogP contribution >= 0.6 is 11.6 Å². The van der Waals surface area contributed by atoms with Gasteiger partial charge in [0.25, 0.3) is 5.89 Å². The zero-order chi connectivity index (χ0) is 30.8. The molecule has 1 amide bonds. The first-order chi connectivity index (χ1) is 20.4. The minimum atomic E-state index is -0.779. The Hall–Kier alpha value is -3.34. The van der Waals surface area contributed by atoms with Crippen LogP contribution in [0.1, 0.15) is 59.9 Å². The van der Waals surface area contributed by atoms with E-state index in [4.69, 9.17) is 35.1 Å². The summed E-state index contributed by atoms with van der Waals surface area (Å²) in [6.07, 6.45) is 2.35. The molecule has 2 aromatic carbocycles. The number of benzene rings is 2. The molecule has 0 unspecified atom stereocenters. The standard InChI is InChI=1S/C32H41ClN4O6/c1-7-8-15-39-26-12-10-23(17-24(26)33)28-34-27(36-43-28)22-9-11-25-21(16-22)13-14-37(25)18-32(19-40-31(5,6)41-20-32)35-29(38)42-30(2,3)4/h9-12,16-17H,7-8,13-15,18-20H2,1-6H3,(H,35,38). The molecule has 0 radical (unpaired) electrons. The summed E-state index contributed by atoms with van der Waals surface area (Å²) in [5.74, 6) is 0.792.